The number of carbonyl (C=O) groups is 2. The maximum absolute atomic E-state index is 12.3. The van der Waals surface area contributed by atoms with Gasteiger partial charge in [-0.25, -0.2) is 4.79 Å². The Bertz CT molecular complexity index is 529. The molecule has 4 N–H and O–H groups in total. The Morgan fingerprint density at radius 2 is 2.40 bits per heavy atom. The highest BCUT2D eigenvalue weighted by Crippen LogP contribution is 2.28. The van der Waals surface area contributed by atoms with Gasteiger partial charge in [0.1, 0.15) is 0 Å². The maximum Gasteiger partial charge on any atom is 0.331 e. The van der Waals surface area contributed by atoms with E-state index in [9.17, 15) is 14.7 Å². The molecule has 8 heteroatoms. The zero-order valence-corrected chi connectivity index (χ0v) is 11.4. The largest absolute Gasteiger partial charge is 0.479 e. The van der Waals surface area contributed by atoms with Gasteiger partial charge in [-0.05, 0) is 6.92 Å². The van der Waals surface area contributed by atoms with Gasteiger partial charge < -0.3 is 20.9 Å². The highest BCUT2D eigenvalue weighted by atomic mass is 16.5. The molecule has 1 saturated heterocycles. The summed E-state index contributed by atoms with van der Waals surface area (Å²) in [6.07, 6.45) is 2.96. The third-order valence-corrected chi connectivity index (χ3v) is 3.62. The van der Waals surface area contributed by atoms with Crippen LogP contribution in [0, 0.1) is 5.41 Å². The van der Waals surface area contributed by atoms with E-state index < -0.39 is 29.4 Å². The number of nitrogens with one attached hydrogen (secondary N) is 1. The number of ether oxygens (including phenoxy) is 1. The SMILES string of the molecule is Cn1cc(C(NC(=O)C2(C)COCC2N)C(=O)O)cn1. The maximum atomic E-state index is 12.3. The number of amides is 1. The molecule has 0 aromatic carbocycles. The summed E-state index contributed by atoms with van der Waals surface area (Å²) in [7, 11) is 1.67. The molecule has 1 aliphatic heterocycles. The van der Waals surface area contributed by atoms with Crippen LogP contribution in [0.1, 0.15) is 18.5 Å². The topological polar surface area (TPSA) is 119 Å². The fourth-order valence-corrected chi connectivity index (χ4v) is 2.10. The van der Waals surface area contributed by atoms with Gasteiger partial charge in [0, 0.05) is 24.8 Å². The molecule has 0 aliphatic carbocycles. The van der Waals surface area contributed by atoms with E-state index in [-0.39, 0.29) is 13.2 Å². The molecule has 110 valence electrons. The third kappa shape index (κ3) is 2.52. The number of nitrogens with two attached hydrogens (primary N) is 1. The van der Waals surface area contributed by atoms with Gasteiger partial charge in [0.05, 0.1) is 24.8 Å². The fourth-order valence-electron chi connectivity index (χ4n) is 2.10. The van der Waals surface area contributed by atoms with Crippen molar-refractivity contribution in [3.05, 3.63) is 18.0 Å². The van der Waals surface area contributed by atoms with Crippen molar-refractivity contribution in [3.8, 4) is 0 Å². The Morgan fingerprint density at radius 1 is 1.70 bits per heavy atom. The molecule has 0 radical (unpaired) electrons. The normalized spacial score (nSPS) is 27.2. The van der Waals surface area contributed by atoms with E-state index in [1.807, 2.05) is 0 Å². The molecule has 2 heterocycles. The lowest BCUT2D eigenvalue weighted by Crippen LogP contribution is -2.51. The Kier molecular flexibility index (Phi) is 3.78. The first kappa shape index (κ1) is 14.5. The summed E-state index contributed by atoms with van der Waals surface area (Å²) in [5.74, 6) is -1.58. The molecule has 1 aromatic rings. The number of aliphatic carboxylic acids is 1. The number of carboxylic acid groups (broad SMARTS) is 1. The zero-order chi connectivity index (χ0) is 14.9. The predicted octanol–water partition coefficient (Wildman–Crippen LogP) is -0.974. The second kappa shape index (κ2) is 5.22. The molecule has 3 unspecified atom stereocenters. The second-order valence-corrected chi connectivity index (χ2v) is 5.23. The van der Waals surface area contributed by atoms with Crippen LogP contribution in [-0.4, -0.2) is 46.0 Å². The number of carbonyl (C=O) groups excluding carboxylic acids is 1. The van der Waals surface area contributed by atoms with E-state index >= 15 is 0 Å². The van der Waals surface area contributed by atoms with Gasteiger partial charge in [-0.3, -0.25) is 9.48 Å². The quantitative estimate of drug-likeness (QED) is 0.653. The van der Waals surface area contributed by atoms with E-state index in [2.05, 4.69) is 10.4 Å². The minimum atomic E-state index is -1.15. The fraction of sp³-hybridized carbons (Fsp3) is 0.583. The molecule has 2 rings (SSSR count). The summed E-state index contributed by atoms with van der Waals surface area (Å²) >= 11 is 0. The van der Waals surface area contributed by atoms with E-state index in [0.29, 0.717) is 5.56 Å². The Balaban J connectivity index is 2.17. The number of hydrogen-bond acceptors (Lipinski definition) is 5. The highest BCUT2D eigenvalue weighted by molar-refractivity contribution is 5.88. The molecule has 0 spiro atoms. The van der Waals surface area contributed by atoms with Gasteiger partial charge in [0.25, 0.3) is 0 Å². The van der Waals surface area contributed by atoms with Gasteiger partial charge in [0.2, 0.25) is 5.91 Å². The van der Waals surface area contributed by atoms with Crippen molar-refractivity contribution < 1.29 is 19.4 Å². The molecule has 3 atom stereocenters. The standard InChI is InChI=1S/C12H18N4O4/c1-12(6-20-5-8(12)13)11(19)15-9(10(17)18)7-3-14-16(2)4-7/h3-4,8-9H,5-6,13H2,1-2H3,(H,15,19)(H,17,18). The van der Waals surface area contributed by atoms with E-state index in [1.165, 1.54) is 10.9 Å². The Hall–Kier alpha value is -1.93. The molecule has 1 amide bonds. The summed E-state index contributed by atoms with van der Waals surface area (Å²) in [6.45, 7) is 2.14. The minimum Gasteiger partial charge on any atom is -0.479 e. The molecule has 1 fully saturated rings. The van der Waals surface area contributed by atoms with Crippen LogP contribution in [0.3, 0.4) is 0 Å². The highest BCUT2D eigenvalue weighted by Gasteiger charge is 2.45. The smallest absolute Gasteiger partial charge is 0.331 e. The van der Waals surface area contributed by atoms with Crippen LogP contribution in [-0.2, 0) is 21.4 Å². The number of rotatable bonds is 4. The first-order valence-electron chi connectivity index (χ1n) is 6.20. The number of carboxylic acids is 1. The van der Waals surface area contributed by atoms with Crippen molar-refractivity contribution in [2.45, 2.75) is 19.0 Å². The summed E-state index contributed by atoms with van der Waals surface area (Å²) in [6, 6.07) is -1.60. The Labute approximate surface area is 115 Å². The number of aromatic nitrogens is 2. The van der Waals surface area contributed by atoms with E-state index in [4.69, 9.17) is 10.5 Å². The van der Waals surface area contributed by atoms with E-state index in [0.717, 1.165) is 0 Å². The molecular formula is C12H18N4O4. The van der Waals surface area contributed by atoms with Gasteiger partial charge >= 0.3 is 5.97 Å². The van der Waals surface area contributed by atoms with Crippen LogP contribution in [0.2, 0.25) is 0 Å². The van der Waals surface area contributed by atoms with Gasteiger partial charge in [-0.2, -0.15) is 5.10 Å². The van der Waals surface area contributed by atoms with Crippen molar-refractivity contribution in [2.75, 3.05) is 13.2 Å². The van der Waals surface area contributed by atoms with Gasteiger partial charge in [-0.15, -0.1) is 0 Å². The molecule has 0 saturated carbocycles. The monoisotopic (exact) mass is 282 g/mol. The number of hydrogen-bond donors (Lipinski definition) is 3. The van der Waals surface area contributed by atoms with Crippen molar-refractivity contribution in [3.63, 3.8) is 0 Å². The Morgan fingerprint density at radius 3 is 2.85 bits per heavy atom. The predicted molar refractivity (Wildman–Crippen MR) is 68.6 cm³/mol. The summed E-state index contributed by atoms with van der Waals surface area (Å²) in [5.41, 5.74) is 5.35. The lowest BCUT2D eigenvalue weighted by atomic mass is 9.84. The number of nitrogens with zero attached hydrogens (tertiary/aromatic N) is 2. The van der Waals surface area contributed by atoms with Crippen LogP contribution < -0.4 is 11.1 Å². The first-order chi connectivity index (χ1) is 9.34. The van der Waals surface area contributed by atoms with Crippen LogP contribution in [0.25, 0.3) is 0 Å². The van der Waals surface area contributed by atoms with Crippen molar-refractivity contribution in [1.29, 1.82) is 0 Å². The zero-order valence-electron chi connectivity index (χ0n) is 11.4. The van der Waals surface area contributed by atoms with Crippen LogP contribution >= 0.6 is 0 Å². The van der Waals surface area contributed by atoms with Crippen LogP contribution in [0.5, 0.6) is 0 Å². The molecule has 1 aliphatic rings. The average molecular weight is 282 g/mol. The lowest BCUT2D eigenvalue weighted by molar-refractivity contribution is -0.144. The molecular weight excluding hydrogens is 264 g/mol. The average Bonchev–Trinajstić information content (AvgIpc) is 2.94. The van der Waals surface area contributed by atoms with Crippen LogP contribution in [0.4, 0.5) is 0 Å². The molecule has 8 nitrogen and oxygen atoms in total. The van der Waals surface area contributed by atoms with E-state index in [1.54, 1.807) is 20.2 Å². The van der Waals surface area contributed by atoms with Gasteiger partial charge in [0.15, 0.2) is 6.04 Å². The molecule has 0 bridgehead atoms. The van der Waals surface area contributed by atoms with Gasteiger partial charge in [-0.1, -0.05) is 0 Å². The second-order valence-electron chi connectivity index (χ2n) is 5.23. The lowest BCUT2D eigenvalue weighted by Gasteiger charge is -2.27. The van der Waals surface area contributed by atoms with Crippen LogP contribution in [0.15, 0.2) is 12.4 Å². The van der Waals surface area contributed by atoms with Crippen molar-refractivity contribution in [2.24, 2.45) is 18.2 Å². The minimum absolute atomic E-state index is 0.180. The van der Waals surface area contributed by atoms with Crippen molar-refractivity contribution in [1.82, 2.24) is 15.1 Å². The van der Waals surface area contributed by atoms with Crippen molar-refractivity contribution >= 4 is 11.9 Å². The third-order valence-electron chi connectivity index (χ3n) is 3.62. The number of aryl methyl sites for hydroxylation is 1. The molecule has 1 aromatic heterocycles. The summed E-state index contributed by atoms with van der Waals surface area (Å²) < 4.78 is 6.67. The molecule has 20 heavy (non-hydrogen) atoms. The first-order valence-corrected chi connectivity index (χ1v) is 6.20. The summed E-state index contributed by atoms with van der Waals surface area (Å²) in [4.78, 5) is 23.6. The summed E-state index contributed by atoms with van der Waals surface area (Å²) in [5, 5.41) is 15.7.